The van der Waals surface area contributed by atoms with Gasteiger partial charge in [0.2, 0.25) is 5.82 Å². The van der Waals surface area contributed by atoms with Gasteiger partial charge in [-0.05, 0) is 44.5 Å². The van der Waals surface area contributed by atoms with Crippen molar-refractivity contribution in [2.45, 2.75) is 33.2 Å². The Kier molecular flexibility index (Phi) is 8.26. The molecule has 0 radical (unpaired) electrons. The van der Waals surface area contributed by atoms with E-state index < -0.39 is 11.9 Å². The van der Waals surface area contributed by atoms with Gasteiger partial charge >= 0.3 is 0 Å². The Morgan fingerprint density at radius 1 is 1.20 bits per heavy atom. The van der Waals surface area contributed by atoms with Gasteiger partial charge in [0.1, 0.15) is 30.5 Å². The number of benzene rings is 2. The highest BCUT2D eigenvalue weighted by Crippen LogP contribution is 2.28. The van der Waals surface area contributed by atoms with Crippen LogP contribution in [0.3, 0.4) is 0 Å². The molecule has 0 spiro atoms. The summed E-state index contributed by atoms with van der Waals surface area (Å²) in [6.07, 6.45) is 1.15. The van der Waals surface area contributed by atoms with Crippen molar-refractivity contribution in [2.24, 2.45) is 5.41 Å². The summed E-state index contributed by atoms with van der Waals surface area (Å²) in [5.74, 6) is 6.96. The van der Waals surface area contributed by atoms with Crippen molar-refractivity contribution in [1.29, 1.82) is 0 Å². The lowest BCUT2D eigenvalue weighted by atomic mass is 9.97. The van der Waals surface area contributed by atoms with E-state index in [1.165, 1.54) is 0 Å². The summed E-state index contributed by atoms with van der Waals surface area (Å²) in [6.45, 7) is 6.13. The Balaban J connectivity index is 1.63. The molecule has 35 heavy (non-hydrogen) atoms. The predicted molar refractivity (Wildman–Crippen MR) is 136 cm³/mol. The van der Waals surface area contributed by atoms with Crippen LogP contribution in [0.2, 0.25) is 0 Å². The molecule has 0 unspecified atom stereocenters. The molecular weight excluding hydrogens is 442 g/mol. The minimum Gasteiger partial charge on any atom is -0.489 e. The number of aromatic nitrogens is 3. The average Bonchev–Trinajstić information content (AvgIpc) is 3.29. The van der Waals surface area contributed by atoms with Crippen molar-refractivity contribution in [3.05, 3.63) is 71.3 Å². The summed E-state index contributed by atoms with van der Waals surface area (Å²) >= 11 is 0. The summed E-state index contributed by atoms with van der Waals surface area (Å²) in [4.78, 5) is 30.3. The zero-order valence-electron chi connectivity index (χ0n) is 20.8. The molecule has 0 saturated carbocycles. The summed E-state index contributed by atoms with van der Waals surface area (Å²) in [5, 5.41) is 9.36. The molecule has 0 bridgehead atoms. The lowest BCUT2D eigenvalue weighted by molar-refractivity contribution is -0.110. The molecule has 1 atom stereocenters. The van der Waals surface area contributed by atoms with Gasteiger partial charge in [0, 0.05) is 31.5 Å². The summed E-state index contributed by atoms with van der Waals surface area (Å²) in [7, 11) is 3.80. The highest BCUT2D eigenvalue weighted by molar-refractivity contribution is 5.92. The molecule has 0 aliphatic rings. The van der Waals surface area contributed by atoms with Crippen LogP contribution in [0.1, 0.15) is 48.3 Å². The fraction of sp³-hybridized carbons (Fsp3) is 0.333. The third-order valence-corrected chi connectivity index (χ3v) is 4.87. The maximum absolute atomic E-state index is 12.6. The number of amides is 1. The SMILES string of the molecule is CN(C)c1cc(C#CC(C)(C)C)ccc1OC[C@@H](C=O)NC(=O)c1n[nH]c(Cc2ccccc2)n1. The van der Waals surface area contributed by atoms with Crippen LogP contribution in [0.4, 0.5) is 5.69 Å². The molecule has 0 saturated heterocycles. The van der Waals surface area contributed by atoms with Crippen LogP contribution < -0.4 is 15.0 Å². The van der Waals surface area contributed by atoms with Crippen molar-refractivity contribution in [3.8, 4) is 17.6 Å². The lowest BCUT2D eigenvalue weighted by Crippen LogP contribution is -2.40. The highest BCUT2D eigenvalue weighted by atomic mass is 16.5. The number of H-pyrrole nitrogens is 1. The molecular formula is C27H31N5O3. The standard InChI is InChI=1S/C27H31N5O3/c1-27(2,3)14-13-20-11-12-23(22(15-20)32(4)5)35-18-21(17-33)28-26(34)25-29-24(30-31-25)16-19-9-7-6-8-10-19/h6-12,15,17,21H,16,18H2,1-5H3,(H,28,34)(H,29,30,31)/t21-/m1/s1. The number of hydrogen-bond donors (Lipinski definition) is 2. The first-order valence-electron chi connectivity index (χ1n) is 11.3. The average molecular weight is 474 g/mol. The summed E-state index contributed by atoms with van der Waals surface area (Å²) in [6, 6.07) is 14.5. The van der Waals surface area contributed by atoms with Crippen LogP contribution >= 0.6 is 0 Å². The molecule has 8 heteroatoms. The van der Waals surface area contributed by atoms with Crippen molar-refractivity contribution in [2.75, 3.05) is 25.6 Å². The van der Waals surface area contributed by atoms with E-state index in [-0.39, 0.29) is 17.8 Å². The Morgan fingerprint density at radius 2 is 1.94 bits per heavy atom. The van der Waals surface area contributed by atoms with Gasteiger partial charge in [-0.25, -0.2) is 4.98 Å². The second-order valence-corrected chi connectivity index (χ2v) is 9.37. The van der Waals surface area contributed by atoms with Crippen molar-refractivity contribution < 1.29 is 14.3 Å². The number of rotatable bonds is 9. The number of nitrogens with one attached hydrogen (secondary N) is 2. The molecule has 0 aliphatic heterocycles. The molecule has 8 nitrogen and oxygen atoms in total. The first-order valence-corrected chi connectivity index (χ1v) is 11.3. The highest BCUT2D eigenvalue weighted by Gasteiger charge is 2.19. The minimum atomic E-state index is -0.867. The van der Waals surface area contributed by atoms with Gasteiger partial charge in [0.05, 0.1) is 5.69 Å². The van der Waals surface area contributed by atoms with Gasteiger partial charge in [-0.2, -0.15) is 0 Å². The molecule has 3 aromatic rings. The van der Waals surface area contributed by atoms with E-state index in [0.717, 1.165) is 16.8 Å². The summed E-state index contributed by atoms with van der Waals surface area (Å²) in [5.41, 5.74) is 2.63. The maximum atomic E-state index is 12.6. The molecule has 2 N–H and O–H groups in total. The zero-order valence-corrected chi connectivity index (χ0v) is 20.8. The Morgan fingerprint density at radius 3 is 2.60 bits per heavy atom. The monoisotopic (exact) mass is 473 g/mol. The molecule has 1 heterocycles. The Labute approximate surface area is 206 Å². The predicted octanol–water partition coefficient (Wildman–Crippen LogP) is 3.24. The largest absolute Gasteiger partial charge is 0.489 e. The van der Waals surface area contributed by atoms with Crippen LogP contribution in [0.15, 0.2) is 48.5 Å². The van der Waals surface area contributed by atoms with E-state index in [0.29, 0.717) is 24.3 Å². The number of carbonyl (C=O) groups is 2. The molecule has 2 aromatic carbocycles. The smallest absolute Gasteiger partial charge is 0.291 e. The van der Waals surface area contributed by atoms with E-state index in [2.05, 4.69) is 53.1 Å². The molecule has 0 fully saturated rings. The fourth-order valence-electron chi connectivity index (χ4n) is 3.12. The fourth-order valence-corrected chi connectivity index (χ4v) is 3.12. The normalized spacial score (nSPS) is 11.7. The van der Waals surface area contributed by atoms with Gasteiger partial charge in [0.25, 0.3) is 5.91 Å². The van der Waals surface area contributed by atoms with E-state index >= 15 is 0 Å². The molecule has 1 amide bonds. The first kappa shape index (κ1) is 25.5. The van der Waals surface area contributed by atoms with Crippen molar-refractivity contribution in [1.82, 2.24) is 20.5 Å². The number of aromatic amines is 1. The van der Waals surface area contributed by atoms with Crippen LogP contribution in [0.5, 0.6) is 5.75 Å². The van der Waals surface area contributed by atoms with E-state index in [1.807, 2.05) is 67.5 Å². The maximum Gasteiger partial charge on any atom is 0.291 e. The number of nitrogens with zero attached hydrogens (tertiary/aromatic N) is 3. The molecule has 1 aromatic heterocycles. The number of carbonyl (C=O) groups excluding carboxylic acids is 2. The van der Waals surface area contributed by atoms with Gasteiger partial charge in [-0.1, -0.05) is 42.2 Å². The third-order valence-electron chi connectivity index (χ3n) is 4.87. The van der Waals surface area contributed by atoms with Gasteiger partial charge in [0.15, 0.2) is 0 Å². The second-order valence-electron chi connectivity index (χ2n) is 9.37. The topological polar surface area (TPSA) is 100 Å². The van der Waals surface area contributed by atoms with Crippen molar-refractivity contribution in [3.63, 3.8) is 0 Å². The van der Waals surface area contributed by atoms with Crippen LogP contribution in [-0.4, -0.2) is 54.1 Å². The third kappa shape index (κ3) is 7.71. The van der Waals surface area contributed by atoms with Gasteiger partial charge < -0.3 is 19.7 Å². The van der Waals surface area contributed by atoms with Gasteiger partial charge in [-0.3, -0.25) is 9.89 Å². The molecule has 0 aliphatic carbocycles. The van der Waals surface area contributed by atoms with Crippen LogP contribution in [-0.2, 0) is 11.2 Å². The van der Waals surface area contributed by atoms with Gasteiger partial charge in [-0.15, -0.1) is 5.10 Å². The Hall–Kier alpha value is -4.12. The lowest BCUT2D eigenvalue weighted by Gasteiger charge is -2.20. The second kappa shape index (κ2) is 11.3. The molecule has 3 rings (SSSR count). The number of aldehydes is 1. The summed E-state index contributed by atoms with van der Waals surface area (Å²) < 4.78 is 5.89. The first-order chi connectivity index (χ1) is 16.6. The van der Waals surface area contributed by atoms with Crippen molar-refractivity contribution >= 4 is 17.9 Å². The quantitative estimate of drug-likeness (QED) is 0.366. The van der Waals surface area contributed by atoms with Crippen LogP contribution in [0, 0.1) is 17.3 Å². The number of ether oxygens (including phenoxy) is 1. The number of anilines is 1. The van der Waals surface area contributed by atoms with E-state index in [9.17, 15) is 9.59 Å². The Bertz CT molecular complexity index is 1220. The number of hydrogen-bond acceptors (Lipinski definition) is 6. The molecule has 182 valence electrons. The van der Waals surface area contributed by atoms with E-state index in [4.69, 9.17) is 4.74 Å². The minimum absolute atomic E-state index is 0.0291. The van der Waals surface area contributed by atoms with E-state index in [1.54, 1.807) is 0 Å². The zero-order chi connectivity index (χ0) is 25.4. The van der Waals surface area contributed by atoms with Crippen LogP contribution in [0.25, 0.3) is 0 Å².